The van der Waals surface area contributed by atoms with Gasteiger partial charge in [0, 0.05) is 38.3 Å². The van der Waals surface area contributed by atoms with E-state index in [-0.39, 0.29) is 0 Å². The molecule has 0 atom stereocenters. The van der Waals surface area contributed by atoms with Crippen LogP contribution < -0.4 is 4.90 Å². The molecule has 1 saturated heterocycles. The van der Waals surface area contributed by atoms with E-state index in [9.17, 15) is 0 Å². The van der Waals surface area contributed by atoms with Crippen molar-refractivity contribution in [1.82, 2.24) is 20.1 Å². The predicted octanol–water partition coefficient (Wildman–Crippen LogP) is 2.45. The van der Waals surface area contributed by atoms with Crippen molar-refractivity contribution >= 4 is 5.82 Å². The van der Waals surface area contributed by atoms with Crippen LogP contribution in [0.4, 0.5) is 5.82 Å². The maximum atomic E-state index is 5.03. The number of hydrogen-bond donors (Lipinski definition) is 0. The molecule has 1 aromatic carbocycles. The lowest BCUT2D eigenvalue weighted by atomic mass is 10.1. The van der Waals surface area contributed by atoms with E-state index in [1.165, 1.54) is 6.39 Å². The van der Waals surface area contributed by atoms with Gasteiger partial charge in [-0.15, -0.1) is 10.2 Å². The molecule has 6 heteroatoms. The first kappa shape index (κ1) is 14.8. The molecule has 0 aliphatic carbocycles. The van der Waals surface area contributed by atoms with Gasteiger partial charge in [-0.2, -0.15) is 0 Å². The molecular formula is C18H19N5O. The topological polar surface area (TPSA) is 58.3 Å². The van der Waals surface area contributed by atoms with Crippen LogP contribution in [0.1, 0.15) is 5.69 Å². The van der Waals surface area contributed by atoms with Crippen molar-refractivity contribution in [2.24, 2.45) is 0 Å². The second kappa shape index (κ2) is 6.80. The fraction of sp³-hybridized carbons (Fsp3) is 0.278. The Hall–Kier alpha value is -2.73. The van der Waals surface area contributed by atoms with E-state index in [1.54, 1.807) is 6.26 Å². The zero-order chi connectivity index (χ0) is 16.2. The molecule has 0 radical (unpaired) electrons. The van der Waals surface area contributed by atoms with Gasteiger partial charge in [-0.05, 0) is 12.1 Å². The molecule has 3 heterocycles. The number of aromatic nitrogens is 3. The Morgan fingerprint density at radius 3 is 2.42 bits per heavy atom. The molecule has 0 N–H and O–H groups in total. The standard InChI is InChI=1S/C18H19N5O/c1-2-4-15(5-3-1)17-6-7-18(21-20-17)23-10-8-22(9-11-23)12-16-13-24-14-19-16/h1-7,13-14H,8-12H2. The summed E-state index contributed by atoms with van der Waals surface area (Å²) in [5.74, 6) is 0.941. The summed E-state index contributed by atoms with van der Waals surface area (Å²) in [5.41, 5.74) is 2.98. The molecule has 6 nitrogen and oxygen atoms in total. The fourth-order valence-electron chi connectivity index (χ4n) is 2.94. The van der Waals surface area contributed by atoms with Crippen molar-refractivity contribution in [2.45, 2.75) is 6.54 Å². The third-order valence-electron chi connectivity index (χ3n) is 4.29. The molecule has 0 unspecified atom stereocenters. The molecule has 0 bridgehead atoms. The first-order chi connectivity index (χ1) is 11.9. The Morgan fingerprint density at radius 1 is 0.917 bits per heavy atom. The highest BCUT2D eigenvalue weighted by Gasteiger charge is 2.19. The number of anilines is 1. The lowest BCUT2D eigenvalue weighted by Gasteiger charge is -2.34. The van der Waals surface area contributed by atoms with Crippen LogP contribution in [0.15, 0.2) is 59.5 Å². The van der Waals surface area contributed by atoms with E-state index < -0.39 is 0 Å². The molecular weight excluding hydrogens is 302 g/mol. The third kappa shape index (κ3) is 3.28. The quantitative estimate of drug-likeness (QED) is 0.736. The lowest BCUT2D eigenvalue weighted by Crippen LogP contribution is -2.46. The first-order valence-electron chi connectivity index (χ1n) is 8.12. The van der Waals surface area contributed by atoms with E-state index >= 15 is 0 Å². The number of nitrogens with zero attached hydrogens (tertiary/aromatic N) is 5. The highest BCUT2D eigenvalue weighted by molar-refractivity contribution is 5.59. The van der Waals surface area contributed by atoms with Crippen molar-refractivity contribution in [2.75, 3.05) is 31.1 Å². The van der Waals surface area contributed by atoms with Gasteiger partial charge < -0.3 is 9.32 Å². The van der Waals surface area contributed by atoms with E-state index in [0.717, 1.165) is 55.5 Å². The number of benzene rings is 1. The van der Waals surface area contributed by atoms with Crippen molar-refractivity contribution in [3.05, 3.63) is 60.8 Å². The molecule has 1 aliphatic rings. The average Bonchev–Trinajstić information content (AvgIpc) is 3.16. The number of piperazine rings is 1. The minimum Gasteiger partial charge on any atom is -0.451 e. The Morgan fingerprint density at radius 2 is 1.75 bits per heavy atom. The summed E-state index contributed by atoms with van der Waals surface area (Å²) < 4.78 is 5.03. The summed E-state index contributed by atoms with van der Waals surface area (Å²) in [5, 5.41) is 8.79. The second-order valence-electron chi connectivity index (χ2n) is 5.89. The Labute approximate surface area is 140 Å². The summed E-state index contributed by atoms with van der Waals surface area (Å²) in [6, 6.07) is 14.2. The molecule has 4 rings (SSSR count). The van der Waals surface area contributed by atoms with Crippen molar-refractivity contribution < 1.29 is 4.42 Å². The van der Waals surface area contributed by atoms with Gasteiger partial charge in [0.2, 0.25) is 0 Å². The van der Waals surface area contributed by atoms with Crippen LogP contribution in [0, 0.1) is 0 Å². The SMILES string of the molecule is c1ccc(-c2ccc(N3CCN(Cc4cocn4)CC3)nn2)cc1. The van der Waals surface area contributed by atoms with Gasteiger partial charge in [0.05, 0.1) is 11.4 Å². The number of hydrogen-bond acceptors (Lipinski definition) is 6. The van der Waals surface area contributed by atoms with E-state index in [2.05, 4.69) is 31.0 Å². The van der Waals surface area contributed by atoms with Crippen LogP contribution in [0.5, 0.6) is 0 Å². The van der Waals surface area contributed by atoms with Crippen LogP contribution >= 0.6 is 0 Å². The average molecular weight is 321 g/mol. The number of oxazole rings is 1. The molecule has 122 valence electrons. The summed E-state index contributed by atoms with van der Waals surface area (Å²) in [6.45, 7) is 4.68. The van der Waals surface area contributed by atoms with Gasteiger partial charge in [-0.25, -0.2) is 4.98 Å². The number of rotatable bonds is 4. The minimum absolute atomic E-state index is 0.836. The molecule has 3 aromatic rings. The molecule has 1 fully saturated rings. The predicted molar refractivity (Wildman–Crippen MR) is 91.5 cm³/mol. The minimum atomic E-state index is 0.836. The molecule has 0 spiro atoms. The van der Waals surface area contributed by atoms with Crippen molar-refractivity contribution in [3.63, 3.8) is 0 Å². The highest BCUT2D eigenvalue weighted by atomic mass is 16.3. The first-order valence-corrected chi connectivity index (χ1v) is 8.12. The summed E-state index contributed by atoms with van der Waals surface area (Å²) >= 11 is 0. The van der Waals surface area contributed by atoms with E-state index in [0.29, 0.717) is 0 Å². The van der Waals surface area contributed by atoms with Gasteiger partial charge in [0.25, 0.3) is 0 Å². The monoisotopic (exact) mass is 321 g/mol. The maximum absolute atomic E-state index is 5.03. The van der Waals surface area contributed by atoms with Crippen molar-refractivity contribution in [1.29, 1.82) is 0 Å². The van der Waals surface area contributed by atoms with E-state index in [4.69, 9.17) is 4.42 Å². The van der Waals surface area contributed by atoms with Gasteiger partial charge in [-0.1, -0.05) is 30.3 Å². The van der Waals surface area contributed by atoms with Crippen molar-refractivity contribution in [3.8, 4) is 11.3 Å². The maximum Gasteiger partial charge on any atom is 0.180 e. The molecule has 0 saturated carbocycles. The fourth-order valence-corrected chi connectivity index (χ4v) is 2.94. The van der Waals surface area contributed by atoms with Gasteiger partial charge in [0.15, 0.2) is 12.2 Å². The lowest BCUT2D eigenvalue weighted by molar-refractivity contribution is 0.246. The van der Waals surface area contributed by atoms with Gasteiger partial charge in [0.1, 0.15) is 6.26 Å². The smallest absolute Gasteiger partial charge is 0.180 e. The largest absolute Gasteiger partial charge is 0.451 e. The Bertz CT molecular complexity index is 750. The Kier molecular flexibility index (Phi) is 4.20. The van der Waals surface area contributed by atoms with Crippen LogP contribution in [-0.4, -0.2) is 46.3 Å². The van der Waals surface area contributed by atoms with E-state index in [1.807, 2.05) is 36.4 Å². The summed E-state index contributed by atoms with van der Waals surface area (Å²) in [7, 11) is 0. The zero-order valence-electron chi connectivity index (χ0n) is 13.4. The molecule has 1 aliphatic heterocycles. The summed E-state index contributed by atoms with van der Waals surface area (Å²) in [6.07, 6.45) is 3.19. The van der Waals surface area contributed by atoms with Gasteiger partial charge >= 0.3 is 0 Å². The van der Waals surface area contributed by atoms with Gasteiger partial charge in [-0.3, -0.25) is 4.90 Å². The third-order valence-corrected chi connectivity index (χ3v) is 4.29. The van der Waals surface area contributed by atoms with Crippen LogP contribution in [0.25, 0.3) is 11.3 Å². The van der Waals surface area contributed by atoms with Crippen LogP contribution in [0.3, 0.4) is 0 Å². The highest BCUT2D eigenvalue weighted by Crippen LogP contribution is 2.19. The zero-order valence-corrected chi connectivity index (χ0v) is 13.4. The Balaban J connectivity index is 1.37. The summed E-state index contributed by atoms with van der Waals surface area (Å²) in [4.78, 5) is 8.84. The molecule has 2 aromatic heterocycles. The van der Waals surface area contributed by atoms with Crippen LogP contribution in [-0.2, 0) is 6.54 Å². The normalized spacial score (nSPS) is 15.6. The second-order valence-corrected chi connectivity index (χ2v) is 5.89. The molecule has 24 heavy (non-hydrogen) atoms. The van der Waals surface area contributed by atoms with Crippen LogP contribution in [0.2, 0.25) is 0 Å². The molecule has 0 amide bonds.